The molecule has 3 amide bonds. The van der Waals surface area contributed by atoms with Gasteiger partial charge in [-0.2, -0.15) is 0 Å². The fourth-order valence-electron chi connectivity index (χ4n) is 2.93. The summed E-state index contributed by atoms with van der Waals surface area (Å²) in [6.07, 6.45) is 0. The molecule has 0 spiro atoms. The summed E-state index contributed by atoms with van der Waals surface area (Å²) in [7, 11) is 0. The van der Waals surface area contributed by atoms with Gasteiger partial charge in [0.25, 0.3) is 0 Å². The number of halogens is 1. The molecular formula is C24H22ClN3O6. The molecule has 0 aliphatic carbocycles. The molecule has 10 heteroatoms. The minimum absolute atomic E-state index is 0.000500. The number of phenols is 1. The first-order valence-corrected chi connectivity index (χ1v) is 10.4. The number of nitrogens with one attached hydrogen (secondary N) is 3. The van der Waals surface area contributed by atoms with Gasteiger partial charge in [0.15, 0.2) is 11.5 Å². The van der Waals surface area contributed by atoms with Gasteiger partial charge in [0.2, 0.25) is 23.5 Å². The predicted octanol–water partition coefficient (Wildman–Crippen LogP) is 5.51. The van der Waals surface area contributed by atoms with E-state index in [0.717, 1.165) is 0 Å². The maximum atomic E-state index is 11.6. The van der Waals surface area contributed by atoms with Crippen LogP contribution in [0.3, 0.4) is 0 Å². The molecule has 0 aliphatic rings. The Bertz CT molecular complexity index is 1240. The molecule has 0 heterocycles. The summed E-state index contributed by atoms with van der Waals surface area (Å²) in [6.45, 7) is 4.11. The summed E-state index contributed by atoms with van der Waals surface area (Å²) >= 11 is 6.20. The second-order valence-corrected chi connectivity index (χ2v) is 7.64. The van der Waals surface area contributed by atoms with Crippen molar-refractivity contribution in [2.75, 3.05) is 16.0 Å². The Kier molecular flexibility index (Phi) is 7.60. The van der Waals surface area contributed by atoms with E-state index in [4.69, 9.17) is 21.1 Å². The zero-order valence-electron chi connectivity index (χ0n) is 18.6. The monoisotopic (exact) mass is 483 g/mol. The number of ether oxygens (including phenoxy) is 2. The van der Waals surface area contributed by atoms with Crippen LogP contribution >= 0.6 is 11.6 Å². The molecule has 0 unspecified atom stereocenters. The quantitative estimate of drug-likeness (QED) is 0.328. The van der Waals surface area contributed by atoms with Crippen molar-refractivity contribution in [2.45, 2.75) is 20.8 Å². The molecular weight excluding hydrogens is 462 g/mol. The van der Waals surface area contributed by atoms with Crippen molar-refractivity contribution in [1.82, 2.24) is 0 Å². The number of hydrogen-bond acceptors (Lipinski definition) is 6. The minimum atomic E-state index is -0.329. The lowest BCUT2D eigenvalue weighted by atomic mass is 10.2. The van der Waals surface area contributed by atoms with Crippen molar-refractivity contribution in [3.8, 4) is 28.7 Å². The van der Waals surface area contributed by atoms with E-state index in [-0.39, 0.29) is 45.7 Å². The number of hydrogen-bond donors (Lipinski definition) is 4. The Labute approximate surface area is 200 Å². The molecule has 3 rings (SSSR count). The van der Waals surface area contributed by atoms with E-state index in [0.29, 0.717) is 22.8 Å². The lowest BCUT2D eigenvalue weighted by molar-refractivity contribution is -0.115. The predicted molar refractivity (Wildman–Crippen MR) is 129 cm³/mol. The highest BCUT2D eigenvalue weighted by atomic mass is 35.5. The number of benzene rings is 3. The molecule has 0 aliphatic heterocycles. The average molecular weight is 484 g/mol. The van der Waals surface area contributed by atoms with Crippen molar-refractivity contribution in [2.24, 2.45) is 0 Å². The highest BCUT2D eigenvalue weighted by Crippen LogP contribution is 2.44. The van der Waals surface area contributed by atoms with Gasteiger partial charge in [0.1, 0.15) is 11.5 Å². The number of anilines is 3. The first-order valence-electron chi connectivity index (χ1n) is 10.1. The zero-order chi connectivity index (χ0) is 24.8. The minimum Gasteiger partial charge on any atom is -0.502 e. The van der Waals surface area contributed by atoms with E-state index < -0.39 is 0 Å². The molecule has 0 aromatic heterocycles. The lowest BCUT2D eigenvalue weighted by Gasteiger charge is -2.15. The Morgan fingerprint density at radius 2 is 1.21 bits per heavy atom. The number of carbonyl (C=O) groups is 3. The van der Waals surface area contributed by atoms with Crippen LogP contribution in [-0.2, 0) is 14.4 Å². The molecule has 34 heavy (non-hydrogen) atoms. The van der Waals surface area contributed by atoms with Crippen molar-refractivity contribution >= 4 is 46.4 Å². The molecule has 0 saturated carbocycles. The molecule has 3 aromatic rings. The lowest BCUT2D eigenvalue weighted by Crippen LogP contribution is -2.06. The summed E-state index contributed by atoms with van der Waals surface area (Å²) in [4.78, 5) is 34.0. The maximum Gasteiger partial charge on any atom is 0.221 e. The van der Waals surface area contributed by atoms with Crippen LogP contribution in [0.2, 0.25) is 5.02 Å². The first kappa shape index (κ1) is 24.4. The third-order valence-electron chi connectivity index (χ3n) is 4.24. The molecule has 0 saturated heterocycles. The van der Waals surface area contributed by atoms with E-state index in [1.807, 2.05) is 0 Å². The summed E-state index contributed by atoms with van der Waals surface area (Å²) in [5.41, 5.74) is 1.32. The third kappa shape index (κ3) is 6.63. The standard InChI is InChI=1S/C24H22ClN3O6/c1-13(29)26-16-4-6-18(7-5-16)33-22-10-17(27-14(2)30)11-23(24(22)32)34-19-8-9-21(20(25)12-19)28-15(3)31/h4-12,32H,1-3H3,(H,26,29)(H,27,30)(H,28,31). The zero-order valence-corrected chi connectivity index (χ0v) is 19.3. The molecule has 0 bridgehead atoms. The average Bonchev–Trinajstić information content (AvgIpc) is 2.73. The second-order valence-electron chi connectivity index (χ2n) is 7.23. The SMILES string of the molecule is CC(=O)Nc1ccc(Oc2cc(NC(C)=O)cc(Oc3ccc(NC(C)=O)c(Cl)c3)c2O)cc1. The van der Waals surface area contributed by atoms with Crippen LogP contribution in [0.4, 0.5) is 17.1 Å². The van der Waals surface area contributed by atoms with Gasteiger partial charge < -0.3 is 30.5 Å². The summed E-state index contributed by atoms with van der Waals surface area (Å²) < 4.78 is 11.6. The second kappa shape index (κ2) is 10.6. The van der Waals surface area contributed by atoms with Gasteiger partial charge in [0, 0.05) is 50.3 Å². The fraction of sp³-hybridized carbons (Fsp3) is 0.125. The first-order chi connectivity index (χ1) is 16.1. The van der Waals surface area contributed by atoms with Crippen LogP contribution in [0.25, 0.3) is 0 Å². The van der Waals surface area contributed by atoms with Gasteiger partial charge in [-0.1, -0.05) is 11.6 Å². The van der Waals surface area contributed by atoms with Gasteiger partial charge in [-0.15, -0.1) is 0 Å². The highest BCUT2D eigenvalue weighted by Gasteiger charge is 2.16. The summed E-state index contributed by atoms with van der Waals surface area (Å²) in [6, 6.07) is 14.0. The van der Waals surface area contributed by atoms with E-state index >= 15 is 0 Å². The van der Waals surface area contributed by atoms with Gasteiger partial charge in [-0.05, 0) is 36.4 Å². The molecule has 0 fully saturated rings. The summed E-state index contributed by atoms with van der Waals surface area (Å²) in [5.74, 6) is -0.455. The highest BCUT2D eigenvalue weighted by molar-refractivity contribution is 6.33. The number of amides is 3. The Balaban J connectivity index is 1.91. The van der Waals surface area contributed by atoms with E-state index in [9.17, 15) is 19.5 Å². The van der Waals surface area contributed by atoms with Gasteiger partial charge in [-0.3, -0.25) is 14.4 Å². The number of rotatable bonds is 7. The smallest absolute Gasteiger partial charge is 0.221 e. The molecule has 176 valence electrons. The van der Waals surface area contributed by atoms with Crippen LogP contribution in [0.5, 0.6) is 28.7 Å². The van der Waals surface area contributed by atoms with Gasteiger partial charge in [-0.25, -0.2) is 0 Å². The van der Waals surface area contributed by atoms with Crippen LogP contribution < -0.4 is 25.4 Å². The van der Waals surface area contributed by atoms with E-state index in [1.54, 1.807) is 36.4 Å². The molecule has 0 atom stereocenters. The Morgan fingerprint density at radius 1 is 0.706 bits per heavy atom. The van der Waals surface area contributed by atoms with Gasteiger partial charge >= 0.3 is 0 Å². The van der Waals surface area contributed by atoms with Crippen LogP contribution in [0.1, 0.15) is 20.8 Å². The van der Waals surface area contributed by atoms with Crippen LogP contribution in [-0.4, -0.2) is 22.8 Å². The molecule has 9 nitrogen and oxygen atoms in total. The molecule has 0 radical (unpaired) electrons. The van der Waals surface area contributed by atoms with E-state index in [2.05, 4.69) is 16.0 Å². The summed E-state index contributed by atoms with van der Waals surface area (Å²) in [5, 5.41) is 18.9. The fourth-order valence-corrected chi connectivity index (χ4v) is 3.14. The topological polar surface area (TPSA) is 126 Å². The van der Waals surface area contributed by atoms with Crippen molar-refractivity contribution in [1.29, 1.82) is 0 Å². The third-order valence-corrected chi connectivity index (χ3v) is 4.55. The Morgan fingerprint density at radius 3 is 1.74 bits per heavy atom. The van der Waals surface area contributed by atoms with Crippen molar-refractivity contribution in [3.63, 3.8) is 0 Å². The van der Waals surface area contributed by atoms with Crippen molar-refractivity contribution in [3.05, 3.63) is 59.6 Å². The van der Waals surface area contributed by atoms with Crippen LogP contribution in [0, 0.1) is 0 Å². The molecule has 4 N–H and O–H groups in total. The normalized spacial score (nSPS) is 10.2. The van der Waals surface area contributed by atoms with E-state index in [1.165, 1.54) is 39.0 Å². The van der Waals surface area contributed by atoms with Crippen LogP contribution in [0.15, 0.2) is 54.6 Å². The molecule has 3 aromatic carbocycles. The van der Waals surface area contributed by atoms with Gasteiger partial charge in [0.05, 0.1) is 10.7 Å². The number of phenolic OH excluding ortho intramolecular Hbond substituents is 1. The van der Waals surface area contributed by atoms with Crippen molar-refractivity contribution < 1.29 is 29.0 Å². The maximum absolute atomic E-state index is 11.6. The Hall–Kier alpha value is -4.24. The number of aromatic hydroxyl groups is 1. The number of carbonyl (C=O) groups excluding carboxylic acids is 3. The largest absolute Gasteiger partial charge is 0.502 e.